The maximum absolute atomic E-state index is 12.5. The fourth-order valence-corrected chi connectivity index (χ4v) is 3.56. The largest absolute Gasteiger partial charge is 0.336 e. The number of carbonyl (C=O) groups is 1. The summed E-state index contributed by atoms with van der Waals surface area (Å²) in [6, 6.07) is 2.04. The van der Waals surface area contributed by atoms with E-state index in [0.717, 1.165) is 33.6 Å². The summed E-state index contributed by atoms with van der Waals surface area (Å²) >= 11 is 5.06. The molecule has 106 valence electrons. The van der Waals surface area contributed by atoms with Crippen molar-refractivity contribution in [3.63, 3.8) is 0 Å². The van der Waals surface area contributed by atoms with Gasteiger partial charge in [0.2, 0.25) is 0 Å². The Morgan fingerprint density at radius 3 is 3.20 bits per heavy atom. The summed E-state index contributed by atoms with van der Waals surface area (Å²) in [5.74, 6) is -0.0338. The zero-order valence-corrected chi connectivity index (χ0v) is 13.5. The summed E-state index contributed by atoms with van der Waals surface area (Å²) in [5, 5.41) is 12.5. The number of nitrogens with zero attached hydrogens (tertiary/aromatic N) is 2. The Kier molecular flexibility index (Phi) is 3.91. The second-order valence-electron chi connectivity index (χ2n) is 4.88. The Hall–Kier alpha value is -1.18. The van der Waals surface area contributed by atoms with Gasteiger partial charge in [-0.3, -0.25) is 9.89 Å². The van der Waals surface area contributed by atoms with Gasteiger partial charge in [-0.05, 0) is 32.9 Å². The Balaban J connectivity index is 1.76. The van der Waals surface area contributed by atoms with Gasteiger partial charge in [0.15, 0.2) is 5.69 Å². The van der Waals surface area contributed by atoms with Crippen LogP contribution in [0, 0.1) is 0 Å². The first-order valence-corrected chi connectivity index (χ1v) is 8.07. The SMILES string of the molecule is CN(Cc1csc(Br)c1)C(=O)c1n[nH]c2c1CNCC2. The van der Waals surface area contributed by atoms with E-state index in [1.165, 1.54) is 0 Å². The molecular weight excluding hydrogens is 340 g/mol. The molecule has 3 heterocycles. The smallest absolute Gasteiger partial charge is 0.274 e. The first kappa shape index (κ1) is 13.8. The molecule has 0 aromatic carbocycles. The van der Waals surface area contributed by atoms with Crippen LogP contribution in [-0.4, -0.2) is 34.6 Å². The lowest BCUT2D eigenvalue weighted by atomic mass is 10.1. The Labute approximate surface area is 129 Å². The fourth-order valence-electron chi connectivity index (χ4n) is 2.36. The van der Waals surface area contributed by atoms with Crippen molar-refractivity contribution >= 4 is 33.2 Å². The van der Waals surface area contributed by atoms with E-state index in [0.29, 0.717) is 18.8 Å². The lowest BCUT2D eigenvalue weighted by Crippen LogP contribution is -2.29. The average molecular weight is 355 g/mol. The van der Waals surface area contributed by atoms with E-state index in [-0.39, 0.29) is 5.91 Å². The second kappa shape index (κ2) is 5.67. The molecule has 0 bridgehead atoms. The van der Waals surface area contributed by atoms with E-state index >= 15 is 0 Å². The van der Waals surface area contributed by atoms with Crippen molar-refractivity contribution in [3.8, 4) is 0 Å². The number of aromatic nitrogens is 2. The molecule has 0 fully saturated rings. The van der Waals surface area contributed by atoms with Crippen molar-refractivity contribution in [1.29, 1.82) is 0 Å². The number of hydrogen-bond donors (Lipinski definition) is 2. The lowest BCUT2D eigenvalue weighted by Gasteiger charge is -2.17. The number of H-pyrrole nitrogens is 1. The predicted octanol–water partition coefficient (Wildman–Crippen LogP) is 2.15. The van der Waals surface area contributed by atoms with Crippen LogP contribution in [0.3, 0.4) is 0 Å². The number of amides is 1. The molecule has 1 amide bonds. The Bertz CT molecular complexity index is 636. The molecule has 2 N–H and O–H groups in total. The van der Waals surface area contributed by atoms with E-state index in [1.807, 2.05) is 13.1 Å². The first-order valence-electron chi connectivity index (χ1n) is 6.40. The average Bonchev–Trinajstić information content (AvgIpc) is 3.04. The molecule has 0 saturated heterocycles. The molecule has 20 heavy (non-hydrogen) atoms. The molecule has 0 spiro atoms. The number of fused-ring (bicyclic) bond motifs is 1. The summed E-state index contributed by atoms with van der Waals surface area (Å²) in [6.45, 7) is 2.24. The highest BCUT2D eigenvalue weighted by atomic mass is 79.9. The first-order chi connectivity index (χ1) is 9.65. The summed E-state index contributed by atoms with van der Waals surface area (Å²) in [6.07, 6.45) is 0.900. The topological polar surface area (TPSA) is 61.0 Å². The van der Waals surface area contributed by atoms with E-state index in [9.17, 15) is 4.79 Å². The van der Waals surface area contributed by atoms with Crippen LogP contribution >= 0.6 is 27.3 Å². The molecule has 0 aliphatic carbocycles. The van der Waals surface area contributed by atoms with Crippen molar-refractivity contribution in [3.05, 3.63) is 37.7 Å². The predicted molar refractivity (Wildman–Crippen MR) is 81.8 cm³/mol. The van der Waals surface area contributed by atoms with Gasteiger partial charge in [-0.1, -0.05) is 0 Å². The third-order valence-electron chi connectivity index (χ3n) is 3.40. The highest BCUT2D eigenvalue weighted by Crippen LogP contribution is 2.22. The monoisotopic (exact) mass is 354 g/mol. The number of halogens is 1. The minimum Gasteiger partial charge on any atom is -0.336 e. The number of hydrogen-bond acceptors (Lipinski definition) is 4. The van der Waals surface area contributed by atoms with Crippen LogP contribution in [-0.2, 0) is 19.5 Å². The van der Waals surface area contributed by atoms with Crippen molar-refractivity contribution in [1.82, 2.24) is 20.4 Å². The van der Waals surface area contributed by atoms with E-state index in [4.69, 9.17) is 0 Å². The van der Waals surface area contributed by atoms with Crippen LogP contribution in [0.4, 0.5) is 0 Å². The zero-order chi connectivity index (χ0) is 14.1. The third kappa shape index (κ3) is 2.65. The van der Waals surface area contributed by atoms with Crippen LogP contribution in [0.5, 0.6) is 0 Å². The molecule has 1 aliphatic rings. The molecule has 0 saturated carbocycles. The number of aromatic amines is 1. The van der Waals surface area contributed by atoms with Gasteiger partial charge in [-0.2, -0.15) is 5.10 Å². The maximum Gasteiger partial charge on any atom is 0.274 e. The van der Waals surface area contributed by atoms with Crippen LogP contribution < -0.4 is 5.32 Å². The molecule has 0 atom stereocenters. The molecule has 2 aromatic rings. The molecule has 2 aromatic heterocycles. The quantitative estimate of drug-likeness (QED) is 0.887. The van der Waals surface area contributed by atoms with Gasteiger partial charge in [0.25, 0.3) is 5.91 Å². The number of thiophene rings is 1. The number of rotatable bonds is 3. The normalized spacial score (nSPS) is 14.1. The Morgan fingerprint density at radius 1 is 1.60 bits per heavy atom. The zero-order valence-electron chi connectivity index (χ0n) is 11.1. The molecule has 5 nitrogen and oxygen atoms in total. The fraction of sp³-hybridized carbons (Fsp3) is 0.385. The van der Waals surface area contributed by atoms with Gasteiger partial charge in [0.05, 0.1) is 3.79 Å². The van der Waals surface area contributed by atoms with Gasteiger partial charge in [-0.25, -0.2) is 0 Å². The molecular formula is C13H15BrN4OS. The Morgan fingerprint density at radius 2 is 2.45 bits per heavy atom. The van der Waals surface area contributed by atoms with Gasteiger partial charge >= 0.3 is 0 Å². The van der Waals surface area contributed by atoms with Crippen molar-refractivity contribution in [2.24, 2.45) is 0 Å². The van der Waals surface area contributed by atoms with Gasteiger partial charge in [0, 0.05) is 44.4 Å². The summed E-state index contributed by atoms with van der Waals surface area (Å²) in [5.41, 5.74) is 3.77. The minimum absolute atomic E-state index is 0.0338. The maximum atomic E-state index is 12.5. The van der Waals surface area contributed by atoms with Gasteiger partial charge in [0.1, 0.15) is 0 Å². The third-order valence-corrected chi connectivity index (χ3v) is 4.95. The summed E-state index contributed by atoms with van der Waals surface area (Å²) in [4.78, 5) is 14.2. The van der Waals surface area contributed by atoms with E-state index < -0.39 is 0 Å². The highest BCUT2D eigenvalue weighted by Gasteiger charge is 2.23. The van der Waals surface area contributed by atoms with Crippen molar-refractivity contribution < 1.29 is 4.79 Å². The van der Waals surface area contributed by atoms with Crippen LogP contribution in [0.1, 0.15) is 27.3 Å². The second-order valence-corrected chi connectivity index (χ2v) is 7.17. The van der Waals surface area contributed by atoms with Crippen LogP contribution in [0.15, 0.2) is 15.2 Å². The number of carbonyl (C=O) groups excluding carboxylic acids is 1. The minimum atomic E-state index is -0.0338. The van der Waals surface area contributed by atoms with Crippen molar-refractivity contribution in [2.45, 2.75) is 19.5 Å². The molecule has 7 heteroatoms. The van der Waals surface area contributed by atoms with Crippen LogP contribution in [0.25, 0.3) is 0 Å². The standard InChI is InChI=1S/C13H15BrN4OS/c1-18(6-8-4-11(14)20-7-8)13(19)12-9-5-15-3-2-10(9)16-17-12/h4,7,15H,2-3,5-6H2,1H3,(H,16,17). The number of nitrogens with one attached hydrogen (secondary N) is 2. The molecule has 3 rings (SSSR count). The van der Waals surface area contributed by atoms with E-state index in [1.54, 1.807) is 16.2 Å². The van der Waals surface area contributed by atoms with Gasteiger partial charge < -0.3 is 10.2 Å². The van der Waals surface area contributed by atoms with Gasteiger partial charge in [-0.15, -0.1) is 11.3 Å². The molecule has 0 unspecified atom stereocenters. The lowest BCUT2D eigenvalue weighted by molar-refractivity contribution is 0.0778. The highest BCUT2D eigenvalue weighted by molar-refractivity contribution is 9.11. The molecule has 0 radical (unpaired) electrons. The van der Waals surface area contributed by atoms with Crippen LogP contribution in [0.2, 0.25) is 0 Å². The molecule has 1 aliphatic heterocycles. The van der Waals surface area contributed by atoms with Crippen molar-refractivity contribution in [2.75, 3.05) is 13.6 Å². The summed E-state index contributed by atoms with van der Waals surface area (Å²) in [7, 11) is 1.81. The summed E-state index contributed by atoms with van der Waals surface area (Å²) < 4.78 is 1.08. The van der Waals surface area contributed by atoms with E-state index in [2.05, 4.69) is 36.8 Å².